The molecule has 106 valence electrons. The minimum absolute atomic E-state index is 0.0248. The first-order valence-electron chi connectivity index (χ1n) is 7.00. The van der Waals surface area contributed by atoms with Crippen molar-refractivity contribution in [2.24, 2.45) is 5.92 Å². The molecule has 1 aromatic heterocycles. The van der Waals surface area contributed by atoms with E-state index in [0.717, 1.165) is 24.5 Å². The molecule has 4 nitrogen and oxygen atoms in total. The Morgan fingerprint density at radius 1 is 1.42 bits per heavy atom. The summed E-state index contributed by atoms with van der Waals surface area (Å²) >= 11 is 1.19. The summed E-state index contributed by atoms with van der Waals surface area (Å²) < 4.78 is 1.67. The van der Waals surface area contributed by atoms with E-state index in [2.05, 4.69) is 12.2 Å². The topological polar surface area (TPSA) is 51.1 Å². The molecule has 1 aromatic rings. The first-order chi connectivity index (χ1) is 9.06. The first kappa shape index (κ1) is 14.3. The van der Waals surface area contributed by atoms with Crippen LogP contribution in [0, 0.1) is 12.8 Å². The quantitative estimate of drug-likeness (QED) is 0.921. The molecule has 0 saturated heterocycles. The van der Waals surface area contributed by atoms with Crippen LogP contribution in [0.1, 0.15) is 44.7 Å². The predicted octanol–water partition coefficient (Wildman–Crippen LogP) is 2.30. The highest BCUT2D eigenvalue weighted by atomic mass is 32.1. The molecule has 0 aromatic carbocycles. The Morgan fingerprint density at radius 2 is 2.11 bits per heavy atom. The van der Waals surface area contributed by atoms with Gasteiger partial charge in [-0.05, 0) is 38.5 Å². The van der Waals surface area contributed by atoms with E-state index in [0.29, 0.717) is 19.0 Å². The largest absolute Gasteiger partial charge is 0.353 e. The van der Waals surface area contributed by atoms with Crippen LogP contribution in [-0.4, -0.2) is 16.5 Å². The van der Waals surface area contributed by atoms with Crippen molar-refractivity contribution in [3.8, 4) is 0 Å². The molecule has 0 spiro atoms. The number of aromatic nitrogens is 1. The van der Waals surface area contributed by atoms with Crippen molar-refractivity contribution in [3.63, 3.8) is 0 Å². The van der Waals surface area contributed by atoms with Gasteiger partial charge in [0, 0.05) is 30.1 Å². The number of carbonyl (C=O) groups excluding carboxylic acids is 1. The lowest BCUT2D eigenvalue weighted by molar-refractivity contribution is -0.122. The van der Waals surface area contributed by atoms with E-state index >= 15 is 0 Å². The molecule has 2 rings (SSSR count). The van der Waals surface area contributed by atoms with Crippen molar-refractivity contribution in [1.82, 2.24) is 9.88 Å². The molecule has 1 fully saturated rings. The fraction of sp³-hybridized carbons (Fsp3) is 0.714. The number of amides is 1. The molecular weight excluding hydrogens is 260 g/mol. The van der Waals surface area contributed by atoms with Gasteiger partial charge in [-0.3, -0.25) is 9.59 Å². The van der Waals surface area contributed by atoms with Gasteiger partial charge in [0.1, 0.15) is 0 Å². The van der Waals surface area contributed by atoms with Crippen molar-refractivity contribution in [2.75, 3.05) is 0 Å². The van der Waals surface area contributed by atoms with Crippen LogP contribution in [0.2, 0.25) is 0 Å². The highest BCUT2D eigenvalue weighted by molar-refractivity contribution is 7.07. The van der Waals surface area contributed by atoms with Crippen LogP contribution in [0.15, 0.2) is 10.2 Å². The van der Waals surface area contributed by atoms with Gasteiger partial charge >= 0.3 is 4.87 Å². The van der Waals surface area contributed by atoms with Crippen LogP contribution in [0.25, 0.3) is 0 Å². The maximum atomic E-state index is 11.9. The number of hydrogen-bond donors (Lipinski definition) is 1. The molecule has 0 atom stereocenters. The van der Waals surface area contributed by atoms with Gasteiger partial charge in [-0.2, -0.15) is 0 Å². The number of hydrogen-bond acceptors (Lipinski definition) is 3. The summed E-state index contributed by atoms with van der Waals surface area (Å²) in [6, 6.07) is 0.337. The normalized spacial score (nSPS) is 23.3. The molecule has 19 heavy (non-hydrogen) atoms. The smallest absolute Gasteiger partial charge is 0.307 e. The lowest BCUT2D eigenvalue weighted by Gasteiger charge is -2.26. The Kier molecular flexibility index (Phi) is 4.80. The van der Waals surface area contributed by atoms with Crippen LogP contribution in [0.5, 0.6) is 0 Å². The average Bonchev–Trinajstić information content (AvgIpc) is 2.70. The van der Waals surface area contributed by atoms with Crippen molar-refractivity contribution in [2.45, 2.75) is 58.5 Å². The maximum Gasteiger partial charge on any atom is 0.307 e. The zero-order valence-corrected chi connectivity index (χ0v) is 12.5. The zero-order chi connectivity index (χ0) is 13.8. The van der Waals surface area contributed by atoms with Gasteiger partial charge in [-0.1, -0.05) is 18.3 Å². The number of nitrogens with zero attached hydrogens (tertiary/aromatic N) is 1. The minimum Gasteiger partial charge on any atom is -0.353 e. The third-order valence-electron chi connectivity index (χ3n) is 3.92. The van der Waals surface area contributed by atoms with Crippen molar-refractivity contribution in [1.29, 1.82) is 0 Å². The highest BCUT2D eigenvalue weighted by Crippen LogP contribution is 2.23. The number of aryl methyl sites for hydroxylation is 1. The van der Waals surface area contributed by atoms with Crippen molar-refractivity contribution in [3.05, 3.63) is 20.7 Å². The van der Waals surface area contributed by atoms with Gasteiger partial charge < -0.3 is 9.88 Å². The molecule has 0 bridgehead atoms. The second kappa shape index (κ2) is 6.37. The van der Waals surface area contributed by atoms with Gasteiger partial charge in [-0.15, -0.1) is 0 Å². The van der Waals surface area contributed by atoms with Crippen molar-refractivity contribution < 1.29 is 4.79 Å². The van der Waals surface area contributed by atoms with E-state index in [9.17, 15) is 9.59 Å². The van der Waals surface area contributed by atoms with Crippen LogP contribution < -0.4 is 10.2 Å². The second-order valence-corrected chi connectivity index (χ2v) is 6.39. The Hall–Kier alpha value is -1.10. The summed E-state index contributed by atoms with van der Waals surface area (Å²) in [7, 11) is 0. The van der Waals surface area contributed by atoms with Gasteiger partial charge in [0.25, 0.3) is 0 Å². The standard InChI is InChI=1S/C14H22N2O2S/c1-10-3-5-12(6-4-10)15-13(17)7-8-16-11(2)9-19-14(16)18/h9-10,12H,3-8H2,1-2H3,(H,15,17). The third-order valence-corrected chi connectivity index (χ3v) is 4.80. The highest BCUT2D eigenvalue weighted by Gasteiger charge is 2.19. The molecule has 1 aliphatic rings. The number of carbonyl (C=O) groups is 1. The van der Waals surface area contributed by atoms with Gasteiger partial charge in [0.2, 0.25) is 5.91 Å². The van der Waals surface area contributed by atoms with E-state index in [1.165, 1.54) is 24.2 Å². The maximum absolute atomic E-state index is 11.9. The van der Waals surface area contributed by atoms with Crippen LogP contribution in [0.4, 0.5) is 0 Å². The average molecular weight is 282 g/mol. The summed E-state index contributed by atoms with van der Waals surface area (Å²) in [5.74, 6) is 0.859. The van der Waals surface area contributed by atoms with Crippen LogP contribution >= 0.6 is 11.3 Å². The van der Waals surface area contributed by atoms with E-state index in [-0.39, 0.29) is 10.8 Å². The molecule has 1 saturated carbocycles. The molecule has 1 heterocycles. The summed E-state index contributed by atoms with van der Waals surface area (Å²) in [5, 5.41) is 4.93. The Balaban J connectivity index is 1.77. The summed E-state index contributed by atoms with van der Waals surface area (Å²) in [6.07, 6.45) is 4.97. The van der Waals surface area contributed by atoms with E-state index in [4.69, 9.17) is 0 Å². The van der Waals surface area contributed by atoms with E-state index in [1.54, 1.807) is 4.57 Å². The zero-order valence-electron chi connectivity index (χ0n) is 11.6. The number of rotatable bonds is 4. The number of thiazole rings is 1. The molecule has 1 N–H and O–H groups in total. The summed E-state index contributed by atoms with van der Waals surface area (Å²) in [5.41, 5.74) is 0.939. The molecular formula is C14H22N2O2S. The van der Waals surface area contributed by atoms with Gasteiger partial charge in [0.05, 0.1) is 0 Å². The minimum atomic E-state index is 0.0248. The van der Waals surface area contributed by atoms with E-state index in [1.807, 2.05) is 12.3 Å². The summed E-state index contributed by atoms with van der Waals surface area (Å²) in [6.45, 7) is 4.66. The lowest BCUT2D eigenvalue weighted by Crippen LogP contribution is -2.38. The second-order valence-electron chi connectivity index (χ2n) is 5.57. The fourth-order valence-electron chi connectivity index (χ4n) is 2.59. The summed E-state index contributed by atoms with van der Waals surface area (Å²) in [4.78, 5) is 23.4. The van der Waals surface area contributed by atoms with Crippen LogP contribution in [0.3, 0.4) is 0 Å². The molecule has 0 radical (unpaired) electrons. The number of nitrogens with one attached hydrogen (secondary N) is 1. The Labute approximate surface area is 117 Å². The molecule has 1 amide bonds. The molecule has 0 aliphatic heterocycles. The van der Waals surface area contributed by atoms with Gasteiger partial charge in [0.15, 0.2) is 0 Å². The molecule has 0 unspecified atom stereocenters. The van der Waals surface area contributed by atoms with Gasteiger partial charge in [-0.25, -0.2) is 0 Å². The van der Waals surface area contributed by atoms with Crippen molar-refractivity contribution >= 4 is 17.2 Å². The Bertz CT molecular complexity index is 484. The first-order valence-corrected chi connectivity index (χ1v) is 7.88. The van der Waals surface area contributed by atoms with Crippen LogP contribution in [-0.2, 0) is 11.3 Å². The van der Waals surface area contributed by atoms with E-state index < -0.39 is 0 Å². The third kappa shape index (κ3) is 3.93. The molecule has 5 heteroatoms. The monoisotopic (exact) mass is 282 g/mol. The SMILES string of the molecule is Cc1csc(=O)n1CCC(=O)NC1CCC(C)CC1. The fourth-order valence-corrected chi connectivity index (χ4v) is 3.35. The predicted molar refractivity (Wildman–Crippen MR) is 77.5 cm³/mol. The Morgan fingerprint density at radius 3 is 2.68 bits per heavy atom. The lowest BCUT2D eigenvalue weighted by atomic mass is 9.87. The molecule has 1 aliphatic carbocycles.